The molecule has 53 heavy (non-hydrogen) atoms. The predicted octanol–water partition coefficient (Wildman–Crippen LogP) is 13.5. The minimum atomic E-state index is -0.951. The van der Waals surface area contributed by atoms with Crippen LogP contribution in [0.1, 0.15) is 239 Å². The van der Waals surface area contributed by atoms with E-state index < -0.39 is 18.2 Å². The highest BCUT2D eigenvalue weighted by Gasteiger charge is 2.20. The molecule has 0 saturated carbocycles. The van der Waals surface area contributed by atoms with E-state index >= 15 is 0 Å². The number of aliphatic hydroxyl groups is 3. The molecule has 0 radical (unpaired) electrons. The molecule has 0 aromatic heterocycles. The Kier molecular flexibility index (Phi) is 42.1. The number of hydrogen-bond donors (Lipinski definition) is 4. The van der Waals surface area contributed by atoms with Crippen molar-refractivity contribution in [2.24, 2.45) is 0 Å². The zero-order valence-electron chi connectivity index (χ0n) is 35.4. The summed E-state index contributed by atoms with van der Waals surface area (Å²) in [6, 6.07) is -0.761. The van der Waals surface area contributed by atoms with Crippen LogP contribution in [0.4, 0.5) is 0 Å². The molecule has 0 aromatic carbocycles. The molecule has 0 aliphatic rings. The fraction of sp³-hybridized carbons (Fsp3) is 0.854. The summed E-state index contributed by atoms with van der Waals surface area (Å²) in [6.07, 6.45) is 54.4. The van der Waals surface area contributed by atoms with E-state index in [0.717, 1.165) is 32.1 Å². The Morgan fingerprint density at radius 3 is 1.21 bits per heavy atom. The lowest BCUT2D eigenvalue weighted by molar-refractivity contribution is -0.124. The van der Waals surface area contributed by atoms with E-state index in [0.29, 0.717) is 6.42 Å². The Hall–Kier alpha value is -1.43. The first-order valence-corrected chi connectivity index (χ1v) is 23.3. The van der Waals surface area contributed by atoms with Crippen LogP contribution in [0.5, 0.6) is 0 Å². The summed E-state index contributed by atoms with van der Waals surface area (Å²) in [5, 5.41) is 33.2. The summed E-state index contributed by atoms with van der Waals surface area (Å²) in [7, 11) is 0. The van der Waals surface area contributed by atoms with Crippen LogP contribution in [0.15, 0.2) is 36.5 Å². The number of hydrogen-bond acceptors (Lipinski definition) is 4. The van der Waals surface area contributed by atoms with Crippen LogP contribution in [0.25, 0.3) is 0 Å². The highest BCUT2D eigenvalue weighted by atomic mass is 16.3. The van der Waals surface area contributed by atoms with Gasteiger partial charge in [-0.3, -0.25) is 4.79 Å². The molecule has 0 fully saturated rings. The van der Waals surface area contributed by atoms with Crippen LogP contribution < -0.4 is 5.32 Å². The van der Waals surface area contributed by atoms with Gasteiger partial charge in [0, 0.05) is 0 Å². The summed E-state index contributed by atoms with van der Waals surface area (Å²) in [4.78, 5) is 12.4. The predicted molar refractivity (Wildman–Crippen MR) is 231 cm³/mol. The Bertz CT molecular complexity index is 824. The van der Waals surface area contributed by atoms with Gasteiger partial charge >= 0.3 is 0 Å². The summed E-state index contributed by atoms with van der Waals surface area (Å²) >= 11 is 0. The Balaban J connectivity index is 3.64. The van der Waals surface area contributed by atoms with Gasteiger partial charge in [-0.1, -0.05) is 211 Å². The van der Waals surface area contributed by atoms with Gasteiger partial charge in [0.15, 0.2) is 0 Å². The molecule has 0 bridgehead atoms. The van der Waals surface area contributed by atoms with Gasteiger partial charge in [0.2, 0.25) is 5.91 Å². The van der Waals surface area contributed by atoms with Crippen molar-refractivity contribution in [1.82, 2.24) is 5.32 Å². The van der Waals surface area contributed by atoms with Gasteiger partial charge in [-0.2, -0.15) is 0 Å². The maximum absolute atomic E-state index is 12.4. The van der Waals surface area contributed by atoms with Crippen LogP contribution in [0.2, 0.25) is 0 Å². The van der Waals surface area contributed by atoms with Crippen LogP contribution in [0.3, 0.4) is 0 Å². The molecule has 0 aliphatic heterocycles. The minimum absolute atomic E-state index is 0.00435. The lowest BCUT2D eigenvalue weighted by atomic mass is 10.0. The maximum Gasteiger partial charge on any atom is 0.222 e. The van der Waals surface area contributed by atoms with Crippen LogP contribution in [0, 0.1) is 0 Å². The molecule has 3 unspecified atom stereocenters. The molecule has 0 rings (SSSR count). The average Bonchev–Trinajstić information content (AvgIpc) is 3.15. The highest BCUT2D eigenvalue weighted by Crippen LogP contribution is 2.15. The maximum atomic E-state index is 12.4. The molecule has 5 nitrogen and oxygen atoms in total. The van der Waals surface area contributed by atoms with Gasteiger partial charge in [0.05, 0.1) is 31.3 Å². The largest absolute Gasteiger partial charge is 0.394 e. The third-order valence-electron chi connectivity index (χ3n) is 10.6. The van der Waals surface area contributed by atoms with Gasteiger partial charge < -0.3 is 20.6 Å². The first kappa shape index (κ1) is 51.6. The molecule has 0 aliphatic carbocycles. The van der Waals surface area contributed by atoms with Crippen molar-refractivity contribution < 1.29 is 20.1 Å². The second-order valence-corrected chi connectivity index (χ2v) is 16.0. The van der Waals surface area contributed by atoms with Gasteiger partial charge in [0.25, 0.3) is 0 Å². The number of unbranched alkanes of at least 4 members (excludes halogenated alkanes) is 29. The van der Waals surface area contributed by atoms with Crippen LogP contribution in [-0.4, -0.2) is 46.1 Å². The van der Waals surface area contributed by atoms with Gasteiger partial charge in [-0.05, 0) is 57.8 Å². The molecule has 1 amide bonds. The van der Waals surface area contributed by atoms with Crippen molar-refractivity contribution in [3.63, 3.8) is 0 Å². The first-order chi connectivity index (χ1) is 26.0. The van der Waals surface area contributed by atoms with E-state index in [1.165, 1.54) is 180 Å². The fourth-order valence-corrected chi connectivity index (χ4v) is 7.06. The number of nitrogens with one attached hydrogen (secondary N) is 1. The number of allylic oxidation sites excluding steroid dienone is 5. The number of aliphatic hydroxyl groups excluding tert-OH is 3. The Morgan fingerprint density at radius 1 is 0.472 bits per heavy atom. The average molecular weight is 746 g/mol. The Labute approximate surface area is 330 Å². The highest BCUT2D eigenvalue weighted by molar-refractivity contribution is 5.76. The Morgan fingerprint density at radius 2 is 0.811 bits per heavy atom. The normalized spacial score (nSPS) is 13.8. The number of rotatable bonds is 42. The van der Waals surface area contributed by atoms with Crippen molar-refractivity contribution in [2.75, 3.05) is 6.61 Å². The van der Waals surface area contributed by atoms with Gasteiger partial charge in [-0.15, -0.1) is 0 Å². The second kappa shape index (κ2) is 43.3. The third kappa shape index (κ3) is 40.1. The number of carbonyl (C=O) groups excluding carboxylic acids is 1. The first-order valence-electron chi connectivity index (χ1n) is 23.3. The van der Waals surface area contributed by atoms with Gasteiger partial charge in [0.1, 0.15) is 0 Å². The molecule has 0 saturated heterocycles. The lowest BCUT2D eigenvalue weighted by Crippen LogP contribution is -2.45. The van der Waals surface area contributed by atoms with Crippen LogP contribution in [-0.2, 0) is 4.79 Å². The van der Waals surface area contributed by atoms with Crippen molar-refractivity contribution in [3.05, 3.63) is 36.5 Å². The molecule has 0 spiro atoms. The third-order valence-corrected chi connectivity index (χ3v) is 10.6. The van der Waals surface area contributed by atoms with Crippen molar-refractivity contribution in [1.29, 1.82) is 0 Å². The lowest BCUT2D eigenvalue weighted by Gasteiger charge is -2.21. The SMILES string of the molecule is CCCCCCCCCC/C=C/CC/C=C/C(O)C(CO)NC(=O)CC(O)CCCCCCCCCC/C=C\CCCCCCCCCCCCCC. The van der Waals surface area contributed by atoms with Gasteiger partial charge in [-0.25, -0.2) is 0 Å². The summed E-state index contributed by atoms with van der Waals surface area (Å²) in [5.41, 5.74) is 0. The molecule has 0 heterocycles. The van der Waals surface area contributed by atoms with Crippen molar-refractivity contribution >= 4 is 5.91 Å². The molecule has 0 aromatic rings. The molecule has 5 heteroatoms. The standard InChI is InChI=1S/C48H91NO4/c1-3-5-7-9-11-13-15-17-19-20-21-22-23-24-25-26-27-28-29-31-33-35-37-39-41-45(51)43-48(53)49-46(44-50)47(52)42-40-38-36-34-32-30-18-16-14-12-10-8-6-4-2/h24-25,32,34,40,42,45-47,50-52H,3-23,26-31,33,35-39,41,43-44H2,1-2H3,(H,49,53)/b25-24-,34-32+,42-40+. The molecular formula is C48H91NO4. The monoisotopic (exact) mass is 746 g/mol. The smallest absolute Gasteiger partial charge is 0.222 e. The quantitative estimate of drug-likeness (QED) is 0.0370. The number of carbonyl (C=O) groups is 1. The molecule has 312 valence electrons. The van der Waals surface area contributed by atoms with E-state index in [9.17, 15) is 20.1 Å². The van der Waals surface area contributed by atoms with E-state index in [1.54, 1.807) is 6.08 Å². The zero-order chi connectivity index (χ0) is 38.7. The van der Waals surface area contributed by atoms with E-state index in [4.69, 9.17) is 0 Å². The van der Waals surface area contributed by atoms with Crippen molar-refractivity contribution in [3.8, 4) is 0 Å². The molecule has 3 atom stereocenters. The fourth-order valence-electron chi connectivity index (χ4n) is 7.06. The topological polar surface area (TPSA) is 89.8 Å². The summed E-state index contributed by atoms with van der Waals surface area (Å²) in [6.45, 7) is 4.20. The molecule has 4 N–H and O–H groups in total. The summed E-state index contributed by atoms with van der Waals surface area (Å²) < 4.78 is 0. The molecular weight excluding hydrogens is 655 g/mol. The van der Waals surface area contributed by atoms with E-state index in [-0.39, 0.29) is 18.9 Å². The van der Waals surface area contributed by atoms with Crippen molar-refractivity contribution in [2.45, 2.75) is 257 Å². The van der Waals surface area contributed by atoms with E-state index in [2.05, 4.69) is 43.5 Å². The minimum Gasteiger partial charge on any atom is -0.394 e. The van der Waals surface area contributed by atoms with Crippen LogP contribution >= 0.6 is 0 Å². The summed E-state index contributed by atoms with van der Waals surface area (Å²) in [5.74, 6) is -0.327. The number of amides is 1. The second-order valence-electron chi connectivity index (χ2n) is 16.0. The van der Waals surface area contributed by atoms with E-state index in [1.807, 2.05) is 6.08 Å². The zero-order valence-corrected chi connectivity index (χ0v) is 35.4.